The van der Waals surface area contributed by atoms with Gasteiger partial charge in [-0.25, -0.2) is 0 Å². The van der Waals surface area contributed by atoms with Crippen molar-refractivity contribution in [1.82, 2.24) is 10.3 Å². The van der Waals surface area contributed by atoms with Crippen LogP contribution in [0.3, 0.4) is 0 Å². The quantitative estimate of drug-likeness (QED) is 0.607. The lowest BCUT2D eigenvalue weighted by molar-refractivity contribution is -0.194. The Morgan fingerprint density at radius 1 is 1.67 bits per heavy atom. The van der Waals surface area contributed by atoms with Crippen molar-refractivity contribution in [2.75, 3.05) is 13.2 Å². The molecule has 2 heterocycles. The molecule has 0 bridgehead atoms. The van der Waals surface area contributed by atoms with Crippen LogP contribution in [0.4, 0.5) is 0 Å². The van der Waals surface area contributed by atoms with E-state index in [1.54, 1.807) is 24.5 Å². The fraction of sp³-hybridized carbons (Fsp3) is 0.375. The molecule has 1 aliphatic heterocycles. The predicted molar refractivity (Wildman–Crippen MR) is 42.1 cm³/mol. The number of hydrogen-bond acceptors (Lipinski definition) is 4. The molecular weight excluding hydrogens is 156 g/mol. The largest absolute Gasteiger partial charge is 0.349 e. The highest BCUT2D eigenvalue weighted by atomic mass is 16.7. The minimum atomic E-state index is -1.33. The lowest BCUT2D eigenvalue weighted by Crippen LogP contribution is -2.37. The van der Waals surface area contributed by atoms with Crippen molar-refractivity contribution in [2.45, 2.75) is 5.91 Å². The number of aromatic nitrogens is 1. The molecule has 1 saturated heterocycles. The molecule has 4 nitrogen and oxygen atoms in total. The van der Waals surface area contributed by atoms with Gasteiger partial charge in [0, 0.05) is 24.5 Å². The Bertz CT molecular complexity index is 257. The average Bonchev–Trinajstić information content (AvgIpc) is 2.55. The van der Waals surface area contributed by atoms with Crippen molar-refractivity contribution in [3.05, 3.63) is 30.1 Å². The summed E-state index contributed by atoms with van der Waals surface area (Å²) in [5.41, 5.74) is 0.641. The minimum Gasteiger partial charge on any atom is -0.349 e. The highest BCUT2D eigenvalue weighted by Crippen LogP contribution is 2.21. The third-order valence-corrected chi connectivity index (χ3v) is 1.83. The number of pyridine rings is 1. The van der Waals surface area contributed by atoms with Gasteiger partial charge in [-0.2, -0.15) is 0 Å². The second-order valence-corrected chi connectivity index (χ2v) is 2.66. The molecule has 2 rings (SSSR count). The smallest absolute Gasteiger partial charge is 0.254 e. The van der Waals surface area contributed by atoms with Crippen LogP contribution >= 0.6 is 0 Å². The van der Waals surface area contributed by atoms with Gasteiger partial charge in [-0.05, 0) is 12.1 Å². The normalized spacial score (nSPS) is 29.1. The van der Waals surface area contributed by atoms with Crippen LogP contribution in [0.1, 0.15) is 5.56 Å². The van der Waals surface area contributed by atoms with Gasteiger partial charge in [-0.15, -0.1) is 0 Å². The molecule has 1 unspecified atom stereocenters. The zero-order valence-electron chi connectivity index (χ0n) is 6.53. The van der Waals surface area contributed by atoms with E-state index >= 15 is 0 Å². The predicted octanol–water partition coefficient (Wildman–Crippen LogP) is -0.196. The van der Waals surface area contributed by atoms with Crippen LogP contribution in [-0.4, -0.2) is 23.2 Å². The first kappa shape index (κ1) is 7.67. The summed E-state index contributed by atoms with van der Waals surface area (Å²) < 4.78 is 5.13. The summed E-state index contributed by atoms with van der Waals surface area (Å²) in [5, 5.41) is 12.6. The van der Waals surface area contributed by atoms with Gasteiger partial charge in [0.15, 0.2) is 0 Å². The summed E-state index contributed by atoms with van der Waals surface area (Å²) in [7, 11) is 0. The summed E-state index contributed by atoms with van der Waals surface area (Å²) in [4.78, 5) is 3.89. The van der Waals surface area contributed by atoms with E-state index in [2.05, 4.69) is 10.3 Å². The van der Waals surface area contributed by atoms with Gasteiger partial charge in [0.05, 0.1) is 6.61 Å². The maximum atomic E-state index is 9.79. The Hall–Kier alpha value is -0.970. The fourth-order valence-corrected chi connectivity index (χ4v) is 1.22. The molecule has 0 radical (unpaired) electrons. The van der Waals surface area contributed by atoms with Crippen molar-refractivity contribution in [3.8, 4) is 0 Å². The SMILES string of the molecule is OC1(c2cccnc2)NCCO1. The van der Waals surface area contributed by atoms with Gasteiger partial charge < -0.3 is 9.84 Å². The van der Waals surface area contributed by atoms with E-state index in [9.17, 15) is 5.11 Å². The molecular formula is C8H10N2O2. The molecule has 1 aromatic rings. The summed E-state index contributed by atoms with van der Waals surface area (Å²) in [6.07, 6.45) is 3.24. The van der Waals surface area contributed by atoms with Gasteiger partial charge in [0.1, 0.15) is 0 Å². The molecule has 64 valence electrons. The second-order valence-electron chi connectivity index (χ2n) is 2.66. The van der Waals surface area contributed by atoms with Crippen LogP contribution in [0, 0.1) is 0 Å². The van der Waals surface area contributed by atoms with Gasteiger partial charge in [0.25, 0.3) is 5.91 Å². The Labute approximate surface area is 70.2 Å². The van der Waals surface area contributed by atoms with Crippen molar-refractivity contribution in [2.24, 2.45) is 0 Å². The van der Waals surface area contributed by atoms with Crippen LogP contribution < -0.4 is 5.32 Å². The summed E-state index contributed by atoms with van der Waals surface area (Å²) in [6, 6.07) is 3.53. The molecule has 0 amide bonds. The molecule has 1 aliphatic rings. The van der Waals surface area contributed by atoms with Crippen molar-refractivity contribution < 1.29 is 9.84 Å². The summed E-state index contributed by atoms with van der Waals surface area (Å²) >= 11 is 0. The van der Waals surface area contributed by atoms with E-state index in [-0.39, 0.29) is 0 Å². The van der Waals surface area contributed by atoms with E-state index in [1.807, 2.05) is 0 Å². The lowest BCUT2D eigenvalue weighted by Gasteiger charge is -2.20. The minimum absolute atomic E-state index is 0.519. The first-order valence-corrected chi connectivity index (χ1v) is 3.83. The molecule has 2 N–H and O–H groups in total. The fourth-order valence-electron chi connectivity index (χ4n) is 1.22. The van der Waals surface area contributed by atoms with Crippen LogP contribution in [0.25, 0.3) is 0 Å². The van der Waals surface area contributed by atoms with E-state index in [0.29, 0.717) is 18.7 Å². The van der Waals surface area contributed by atoms with Crippen molar-refractivity contribution in [3.63, 3.8) is 0 Å². The molecule has 1 fully saturated rings. The third kappa shape index (κ3) is 1.20. The highest BCUT2D eigenvalue weighted by Gasteiger charge is 2.34. The standard InChI is InChI=1S/C8H10N2O2/c11-8(10-4-5-12-8)7-2-1-3-9-6-7/h1-3,6,10-11H,4-5H2. The zero-order chi connectivity index (χ0) is 8.44. The van der Waals surface area contributed by atoms with Crippen LogP contribution in [0.5, 0.6) is 0 Å². The van der Waals surface area contributed by atoms with Crippen LogP contribution in [0.15, 0.2) is 24.5 Å². The summed E-state index contributed by atoms with van der Waals surface area (Å²) in [6.45, 7) is 1.18. The Morgan fingerprint density at radius 2 is 2.58 bits per heavy atom. The number of nitrogens with one attached hydrogen (secondary N) is 1. The monoisotopic (exact) mass is 166 g/mol. The number of rotatable bonds is 1. The highest BCUT2D eigenvalue weighted by molar-refractivity contribution is 5.14. The molecule has 1 atom stereocenters. The number of ether oxygens (including phenoxy) is 1. The number of nitrogens with zero attached hydrogens (tertiary/aromatic N) is 1. The molecule has 0 spiro atoms. The van der Waals surface area contributed by atoms with Crippen molar-refractivity contribution in [1.29, 1.82) is 0 Å². The van der Waals surface area contributed by atoms with Crippen LogP contribution in [-0.2, 0) is 10.6 Å². The number of aliphatic hydroxyl groups is 1. The average molecular weight is 166 g/mol. The molecule has 0 aliphatic carbocycles. The van der Waals surface area contributed by atoms with E-state index in [0.717, 1.165) is 0 Å². The van der Waals surface area contributed by atoms with Crippen molar-refractivity contribution >= 4 is 0 Å². The molecule has 4 heteroatoms. The van der Waals surface area contributed by atoms with Crippen LogP contribution in [0.2, 0.25) is 0 Å². The second kappa shape index (κ2) is 2.82. The molecule has 0 saturated carbocycles. The maximum absolute atomic E-state index is 9.79. The molecule has 0 aromatic carbocycles. The molecule has 12 heavy (non-hydrogen) atoms. The van der Waals surface area contributed by atoms with E-state index < -0.39 is 5.91 Å². The Balaban J connectivity index is 2.29. The van der Waals surface area contributed by atoms with E-state index in [4.69, 9.17) is 4.74 Å². The lowest BCUT2D eigenvalue weighted by atomic mass is 10.2. The Kier molecular flexibility index (Phi) is 1.80. The topological polar surface area (TPSA) is 54.4 Å². The molecule has 1 aromatic heterocycles. The van der Waals surface area contributed by atoms with Gasteiger partial charge in [-0.3, -0.25) is 10.3 Å². The Morgan fingerprint density at radius 3 is 3.17 bits per heavy atom. The number of hydrogen-bond donors (Lipinski definition) is 2. The first-order valence-electron chi connectivity index (χ1n) is 3.83. The third-order valence-electron chi connectivity index (χ3n) is 1.83. The van der Waals surface area contributed by atoms with Gasteiger partial charge in [0.2, 0.25) is 0 Å². The maximum Gasteiger partial charge on any atom is 0.254 e. The van der Waals surface area contributed by atoms with Gasteiger partial charge in [-0.1, -0.05) is 0 Å². The first-order chi connectivity index (χ1) is 5.81. The summed E-state index contributed by atoms with van der Waals surface area (Å²) in [5.74, 6) is -1.33. The zero-order valence-corrected chi connectivity index (χ0v) is 6.53. The van der Waals surface area contributed by atoms with E-state index in [1.165, 1.54) is 0 Å². The van der Waals surface area contributed by atoms with Gasteiger partial charge >= 0.3 is 0 Å².